The number of nitrogens with one attached hydrogen (secondary N) is 1. The second kappa shape index (κ2) is 6.57. The van der Waals surface area contributed by atoms with Gasteiger partial charge >= 0.3 is 11.7 Å². The summed E-state index contributed by atoms with van der Waals surface area (Å²) in [6.07, 6.45) is 3.60. The van der Waals surface area contributed by atoms with Gasteiger partial charge in [-0.1, -0.05) is 11.8 Å². The summed E-state index contributed by atoms with van der Waals surface area (Å²) in [4.78, 5) is 34.0. The molecule has 0 amide bonds. The molecule has 0 radical (unpaired) electrons. The van der Waals surface area contributed by atoms with Crippen molar-refractivity contribution in [2.24, 2.45) is 0 Å². The minimum atomic E-state index is -0.516. The zero-order chi connectivity index (χ0) is 15.4. The van der Waals surface area contributed by atoms with E-state index in [4.69, 9.17) is 4.74 Å². The molecule has 21 heavy (non-hydrogen) atoms. The molecule has 0 saturated heterocycles. The largest absolute Gasteiger partial charge is 0.465 e. The van der Waals surface area contributed by atoms with E-state index in [1.807, 2.05) is 17.7 Å². The zero-order valence-corrected chi connectivity index (χ0v) is 12.9. The van der Waals surface area contributed by atoms with Crippen LogP contribution in [0.25, 0.3) is 0 Å². The number of aromatic nitrogens is 4. The van der Waals surface area contributed by atoms with Crippen molar-refractivity contribution in [2.75, 3.05) is 7.11 Å². The SMILES string of the molecule is CCn1ccnc1CSc1nc(=O)[nH]c(C)c1C(=O)OC. The average molecular weight is 308 g/mol. The van der Waals surface area contributed by atoms with Crippen molar-refractivity contribution in [1.29, 1.82) is 0 Å². The van der Waals surface area contributed by atoms with E-state index in [1.54, 1.807) is 13.1 Å². The van der Waals surface area contributed by atoms with E-state index in [9.17, 15) is 9.59 Å². The van der Waals surface area contributed by atoms with Crippen molar-refractivity contribution in [3.05, 3.63) is 40.0 Å². The maximum absolute atomic E-state index is 11.8. The molecule has 0 aliphatic carbocycles. The summed E-state index contributed by atoms with van der Waals surface area (Å²) in [5.74, 6) is 0.858. The van der Waals surface area contributed by atoms with E-state index in [0.29, 0.717) is 16.5 Å². The number of rotatable bonds is 5. The third-order valence-electron chi connectivity index (χ3n) is 2.96. The Labute approximate surface area is 125 Å². The number of carbonyl (C=O) groups is 1. The minimum absolute atomic E-state index is 0.289. The number of thioether (sulfide) groups is 1. The van der Waals surface area contributed by atoms with Crippen LogP contribution >= 0.6 is 11.8 Å². The molecule has 7 nitrogen and oxygen atoms in total. The summed E-state index contributed by atoms with van der Waals surface area (Å²) in [6, 6.07) is 0. The lowest BCUT2D eigenvalue weighted by Crippen LogP contribution is -2.19. The molecule has 1 N–H and O–H groups in total. The Morgan fingerprint density at radius 1 is 1.52 bits per heavy atom. The van der Waals surface area contributed by atoms with Gasteiger partial charge in [-0.05, 0) is 13.8 Å². The van der Waals surface area contributed by atoms with Gasteiger partial charge in [0.2, 0.25) is 0 Å². The summed E-state index contributed by atoms with van der Waals surface area (Å²) < 4.78 is 6.74. The van der Waals surface area contributed by atoms with Crippen LogP contribution < -0.4 is 5.69 Å². The molecule has 0 fully saturated rings. The third-order valence-corrected chi connectivity index (χ3v) is 3.93. The molecule has 112 valence electrons. The van der Waals surface area contributed by atoms with Gasteiger partial charge in [0.25, 0.3) is 0 Å². The number of ether oxygens (including phenoxy) is 1. The molecular formula is C13H16N4O3S. The highest BCUT2D eigenvalue weighted by molar-refractivity contribution is 7.98. The van der Waals surface area contributed by atoms with E-state index < -0.39 is 11.7 Å². The number of H-pyrrole nitrogens is 1. The van der Waals surface area contributed by atoms with Crippen molar-refractivity contribution in [2.45, 2.75) is 31.2 Å². The summed E-state index contributed by atoms with van der Waals surface area (Å²) in [7, 11) is 1.30. The molecule has 0 aromatic carbocycles. The molecular weight excluding hydrogens is 292 g/mol. The number of imidazole rings is 1. The maximum Gasteiger partial charge on any atom is 0.346 e. The van der Waals surface area contributed by atoms with Gasteiger partial charge < -0.3 is 14.3 Å². The second-order valence-corrected chi connectivity index (χ2v) is 5.22. The fourth-order valence-electron chi connectivity index (χ4n) is 1.91. The van der Waals surface area contributed by atoms with Crippen molar-refractivity contribution in [3.8, 4) is 0 Å². The van der Waals surface area contributed by atoms with Gasteiger partial charge in [0.15, 0.2) is 0 Å². The number of methoxy groups -OCH3 is 1. The molecule has 0 atom stereocenters. The molecule has 2 aromatic rings. The van der Waals surface area contributed by atoms with Gasteiger partial charge in [-0.3, -0.25) is 0 Å². The van der Waals surface area contributed by atoms with Gasteiger partial charge in [-0.2, -0.15) is 4.98 Å². The first-order valence-electron chi connectivity index (χ1n) is 6.38. The molecule has 0 aliphatic rings. The number of esters is 1. The summed E-state index contributed by atoms with van der Waals surface area (Å²) in [5, 5.41) is 0.355. The number of hydrogen-bond acceptors (Lipinski definition) is 6. The van der Waals surface area contributed by atoms with Crippen LogP contribution in [0.5, 0.6) is 0 Å². The predicted molar refractivity (Wildman–Crippen MR) is 78.4 cm³/mol. The van der Waals surface area contributed by atoms with Gasteiger partial charge in [-0.15, -0.1) is 0 Å². The van der Waals surface area contributed by atoms with Crippen LogP contribution in [-0.2, 0) is 17.0 Å². The predicted octanol–water partition coefficient (Wildman–Crippen LogP) is 1.37. The Bertz CT molecular complexity index is 708. The fourth-order valence-corrected chi connectivity index (χ4v) is 2.94. The van der Waals surface area contributed by atoms with Crippen LogP contribution in [0.15, 0.2) is 22.2 Å². The second-order valence-electron chi connectivity index (χ2n) is 4.26. The van der Waals surface area contributed by atoms with E-state index >= 15 is 0 Å². The minimum Gasteiger partial charge on any atom is -0.465 e. The van der Waals surface area contributed by atoms with Crippen LogP contribution in [0.4, 0.5) is 0 Å². The number of aryl methyl sites for hydroxylation is 2. The topological polar surface area (TPSA) is 89.9 Å². The lowest BCUT2D eigenvalue weighted by molar-refractivity contribution is 0.0594. The monoisotopic (exact) mass is 308 g/mol. The number of hydrogen-bond donors (Lipinski definition) is 1. The standard InChI is InChI=1S/C13H16N4O3S/c1-4-17-6-5-14-9(17)7-21-11-10(12(18)20-3)8(2)15-13(19)16-11/h5-6H,4,7H2,1-3H3,(H,15,16,19). The third kappa shape index (κ3) is 3.33. The molecule has 2 rings (SSSR count). The zero-order valence-electron chi connectivity index (χ0n) is 12.0. The van der Waals surface area contributed by atoms with Gasteiger partial charge in [-0.25, -0.2) is 14.6 Å². The van der Waals surface area contributed by atoms with Crippen molar-refractivity contribution in [3.63, 3.8) is 0 Å². The first-order valence-corrected chi connectivity index (χ1v) is 7.37. The molecule has 0 aliphatic heterocycles. The highest BCUT2D eigenvalue weighted by Gasteiger charge is 2.19. The van der Waals surface area contributed by atoms with Crippen LogP contribution in [0.3, 0.4) is 0 Å². The van der Waals surface area contributed by atoms with Crippen molar-refractivity contribution >= 4 is 17.7 Å². The van der Waals surface area contributed by atoms with Gasteiger partial charge in [0.1, 0.15) is 16.4 Å². The normalized spacial score (nSPS) is 10.6. The van der Waals surface area contributed by atoms with Crippen LogP contribution in [-0.4, -0.2) is 32.6 Å². The molecule has 2 aromatic heterocycles. The van der Waals surface area contributed by atoms with E-state index in [2.05, 4.69) is 15.0 Å². The van der Waals surface area contributed by atoms with Crippen LogP contribution in [0.1, 0.15) is 28.8 Å². The summed E-state index contributed by atoms with van der Waals surface area (Å²) in [6.45, 7) is 4.47. The quantitative estimate of drug-likeness (QED) is 0.510. The Morgan fingerprint density at radius 3 is 2.95 bits per heavy atom. The van der Waals surface area contributed by atoms with E-state index in [0.717, 1.165) is 12.4 Å². The molecule has 2 heterocycles. The average Bonchev–Trinajstić information content (AvgIpc) is 2.91. The fraction of sp³-hybridized carbons (Fsp3) is 0.385. The Balaban J connectivity index is 2.31. The maximum atomic E-state index is 11.8. The molecule has 8 heteroatoms. The van der Waals surface area contributed by atoms with Crippen molar-refractivity contribution < 1.29 is 9.53 Å². The van der Waals surface area contributed by atoms with Gasteiger partial charge in [0, 0.05) is 24.6 Å². The lowest BCUT2D eigenvalue weighted by Gasteiger charge is -2.09. The van der Waals surface area contributed by atoms with E-state index in [1.165, 1.54) is 18.9 Å². The smallest absolute Gasteiger partial charge is 0.346 e. The molecule has 0 bridgehead atoms. The summed E-state index contributed by atoms with van der Waals surface area (Å²) >= 11 is 1.29. The molecule has 0 spiro atoms. The Morgan fingerprint density at radius 2 is 2.29 bits per heavy atom. The Hall–Kier alpha value is -2.09. The first kappa shape index (κ1) is 15.3. The van der Waals surface area contributed by atoms with Crippen molar-refractivity contribution in [1.82, 2.24) is 19.5 Å². The number of aromatic amines is 1. The first-order chi connectivity index (χ1) is 10.1. The van der Waals surface area contributed by atoms with E-state index in [-0.39, 0.29) is 5.56 Å². The Kier molecular flexibility index (Phi) is 4.79. The number of carbonyl (C=O) groups excluding carboxylic acids is 1. The highest BCUT2D eigenvalue weighted by atomic mass is 32.2. The van der Waals surface area contributed by atoms with Crippen LogP contribution in [0, 0.1) is 6.92 Å². The highest BCUT2D eigenvalue weighted by Crippen LogP contribution is 2.24. The lowest BCUT2D eigenvalue weighted by atomic mass is 10.2. The molecule has 0 unspecified atom stereocenters. The number of nitrogens with zero attached hydrogens (tertiary/aromatic N) is 3. The van der Waals surface area contributed by atoms with Crippen LogP contribution in [0.2, 0.25) is 0 Å². The summed E-state index contributed by atoms with van der Waals surface area (Å²) in [5.41, 5.74) is 0.251. The molecule has 0 saturated carbocycles. The van der Waals surface area contributed by atoms with Gasteiger partial charge in [0.05, 0.1) is 12.9 Å².